The van der Waals surface area contributed by atoms with E-state index in [1.54, 1.807) is 49.8 Å². The summed E-state index contributed by atoms with van der Waals surface area (Å²) in [5.41, 5.74) is 0. The highest BCUT2D eigenvalue weighted by molar-refractivity contribution is 4.71. The van der Waals surface area contributed by atoms with Gasteiger partial charge in [0, 0.05) is 56.2 Å². The first kappa shape index (κ1) is 35.9. The highest BCUT2D eigenvalue weighted by Crippen LogP contribution is 2.25. The average molecular weight is 495 g/mol. The summed E-state index contributed by atoms with van der Waals surface area (Å²) in [6.45, 7) is 4.47. The molecule has 0 spiro atoms. The molecule has 34 heavy (non-hydrogen) atoms. The van der Waals surface area contributed by atoms with Crippen LogP contribution in [-0.2, 0) is 33.2 Å². The van der Waals surface area contributed by atoms with Crippen LogP contribution in [0.15, 0.2) is 0 Å². The number of unbranched alkanes of at least 4 members (excludes halogenated alkanes) is 11. The van der Waals surface area contributed by atoms with E-state index in [0.717, 1.165) is 25.7 Å². The zero-order valence-corrected chi connectivity index (χ0v) is 24.0. The Bertz CT molecular complexity index is 382. The van der Waals surface area contributed by atoms with Crippen LogP contribution in [-0.4, -0.2) is 67.8 Å². The van der Waals surface area contributed by atoms with Crippen molar-refractivity contribution in [2.75, 3.05) is 49.8 Å². The average Bonchev–Trinajstić information content (AvgIpc) is 2.88. The fourth-order valence-electron chi connectivity index (χ4n) is 4.05. The SMILES string of the molecule is CCCCCCCCC(OC)C(OC)(OC)OC.CCCCCCCCCC(OC)(OC)OC. The van der Waals surface area contributed by atoms with Crippen molar-refractivity contribution in [2.24, 2.45) is 0 Å². The number of methoxy groups -OCH3 is 7. The second kappa shape index (κ2) is 24.4. The zero-order valence-electron chi connectivity index (χ0n) is 24.0. The molecule has 0 saturated heterocycles. The molecule has 0 aliphatic carbocycles. The van der Waals surface area contributed by atoms with E-state index in [1.807, 2.05) is 0 Å². The molecule has 0 N–H and O–H groups in total. The highest BCUT2D eigenvalue weighted by Gasteiger charge is 2.40. The van der Waals surface area contributed by atoms with Gasteiger partial charge in [-0.25, -0.2) is 0 Å². The molecule has 7 heteroatoms. The van der Waals surface area contributed by atoms with Gasteiger partial charge in [-0.1, -0.05) is 90.9 Å². The molecule has 0 fully saturated rings. The largest absolute Gasteiger partial charge is 0.373 e. The van der Waals surface area contributed by atoms with Crippen molar-refractivity contribution in [1.29, 1.82) is 0 Å². The summed E-state index contributed by atoms with van der Waals surface area (Å²) in [5, 5.41) is 0. The maximum atomic E-state index is 5.44. The third kappa shape index (κ3) is 15.7. The smallest absolute Gasteiger partial charge is 0.310 e. The third-order valence-electron chi connectivity index (χ3n) is 6.37. The first-order chi connectivity index (χ1) is 16.4. The molecule has 0 aromatic carbocycles. The van der Waals surface area contributed by atoms with Gasteiger partial charge in [0.25, 0.3) is 5.97 Å². The van der Waals surface area contributed by atoms with E-state index in [2.05, 4.69) is 13.8 Å². The molecule has 0 saturated carbocycles. The quantitative estimate of drug-likeness (QED) is 0.111. The first-order valence-electron chi connectivity index (χ1n) is 13.3. The molecule has 0 heterocycles. The summed E-state index contributed by atoms with van der Waals surface area (Å²) in [5.74, 6) is -1.92. The Morgan fingerprint density at radius 1 is 0.471 bits per heavy atom. The summed E-state index contributed by atoms with van der Waals surface area (Å²) in [7, 11) is 11.2. The molecule has 1 atom stereocenters. The van der Waals surface area contributed by atoms with Crippen LogP contribution in [0.5, 0.6) is 0 Å². The first-order valence-corrected chi connectivity index (χ1v) is 13.3. The van der Waals surface area contributed by atoms with Gasteiger partial charge in [0.2, 0.25) is 0 Å². The molecule has 0 amide bonds. The van der Waals surface area contributed by atoms with Crippen LogP contribution in [0.25, 0.3) is 0 Å². The highest BCUT2D eigenvalue weighted by atomic mass is 16.9. The van der Waals surface area contributed by atoms with Gasteiger partial charge in [0.15, 0.2) is 0 Å². The van der Waals surface area contributed by atoms with Crippen molar-refractivity contribution in [3.63, 3.8) is 0 Å². The Balaban J connectivity index is 0. The fraction of sp³-hybridized carbons (Fsp3) is 1.00. The summed E-state index contributed by atoms with van der Waals surface area (Å²) in [4.78, 5) is 0. The molecular weight excluding hydrogens is 436 g/mol. The van der Waals surface area contributed by atoms with E-state index >= 15 is 0 Å². The van der Waals surface area contributed by atoms with Crippen molar-refractivity contribution in [1.82, 2.24) is 0 Å². The van der Waals surface area contributed by atoms with Gasteiger partial charge in [0.1, 0.15) is 6.10 Å². The van der Waals surface area contributed by atoms with Gasteiger partial charge in [-0.3, -0.25) is 0 Å². The van der Waals surface area contributed by atoms with Crippen molar-refractivity contribution >= 4 is 0 Å². The van der Waals surface area contributed by atoms with E-state index in [1.165, 1.54) is 70.6 Å². The molecule has 0 aliphatic heterocycles. The normalized spacial score (nSPS) is 13.0. The molecule has 7 nitrogen and oxygen atoms in total. The summed E-state index contributed by atoms with van der Waals surface area (Å²) < 4.78 is 37.1. The minimum Gasteiger partial charge on any atom is -0.373 e. The van der Waals surface area contributed by atoms with E-state index in [-0.39, 0.29) is 6.10 Å². The number of rotatable bonds is 23. The minimum absolute atomic E-state index is 0.205. The van der Waals surface area contributed by atoms with Gasteiger partial charge < -0.3 is 33.2 Å². The molecule has 0 radical (unpaired) electrons. The molecule has 0 aliphatic rings. The predicted octanol–water partition coefficient (Wildman–Crippen LogP) is 7.07. The summed E-state index contributed by atoms with van der Waals surface area (Å²) in [6.07, 6.45) is 18.0. The maximum Gasteiger partial charge on any atom is 0.310 e. The lowest BCUT2D eigenvalue weighted by atomic mass is 10.1. The molecular formula is C27H58O7. The lowest BCUT2D eigenvalue weighted by molar-refractivity contribution is -0.392. The Labute approximate surface area is 211 Å². The molecule has 1 unspecified atom stereocenters. The Kier molecular flexibility index (Phi) is 25.8. The molecule has 0 aromatic heterocycles. The molecule has 0 rings (SSSR count). The monoisotopic (exact) mass is 494 g/mol. The fourth-order valence-corrected chi connectivity index (χ4v) is 4.05. The molecule has 0 bridgehead atoms. The van der Waals surface area contributed by atoms with Gasteiger partial charge in [-0.05, 0) is 12.8 Å². The second-order valence-corrected chi connectivity index (χ2v) is 8.66. The maximum absolute atomic E-state index is 5.44. The standard InChI is InChI=1S/C14H30O4.C13H28O3/c1-6-7-8-9-10-11-12-13(15-2)14(16-3,17-4)18-5;1-5-6-7-8-9-10-11-12-13(14-2,15-3)16-4/h13H,6-12H2,1-5H3;5-12H2,1-4H3. The van der Waals surface area contributed by atoms with Gasteiger partial charge >= 0.3 is 5.97 Å². The van der Waals surface area contributed by atoms with Crippen molar-refractivity contribution in [3.8, 4) is 0 Å². The van der Waals surface area contributed by atoms with Crippen LogP contribution in [0.2, 0.25) is 0 Å². The Morgan fingerprint density at radius 2 is 0.853 bits per heavy atom. The van der Waals surface area contributed by atoms with Crippen LogP contribution in [0.4, 0.5) is 0 Å². The lowest BCUT2D eigenvalue weighted by Crippen LogP contribution is -2.48. The van der Waals surface area contributed by atoms with Crippen molar-refractivity contribution in [3.05, 3.63) is 0 Å². The Morgan fingerprint density at radius 3 is 1.21 bits per heavy atom. The number of hydrogen-bond donors (Lipinski definition) is 0. The molecule has 0 aromatic rings. The van der Waals surface area contributed by atoms with Crippen LogP contribution >= 0.6 is 0 Å². The summed E-state index contributed by atoms with van der Waals surface area (Å²) >= 11 is 0. The topological polar surface area (TPSA) is 64.6 Å². The summed E-state index contributed by atoms with van der Waals surface area (Å²) in [6, 6.07) is 0. The van der Waals surface area contributed by atoms with E-state index in [4.69, 9.17) is 33.2 Å². The van der Waals surface area contributed by atoms with Crippen molar-refractivity contribution in [2.45, 2.75) is 128 Å². The van der Waals surface area contributed by atoms with Gasteiger partial charge in [-0.15, -0.1) is 0 Å². The van der Waals surface area contributed by atoms with Crippen LogP contribution in [0, 0.1) is 0 Å². The van der Waals surface area contributed by atoms with Crippen LogP contribution < -0.4 is 0 Å². The minimum atomic E-state index is -1.09. The van der Waals surface area contributed by atoms with Crippen LogP contribution in [0.1, 0.15) is 110 Å². The Hall–Kier alpha value is -0.280. The van der Waals surface area contributed by atoms with Gasteiger partial charge in [-0.2, -0.15) is 0 Å². The lowest BCUT2D eigenvalue weighted by Gasteiger charge is -2.35. The van der Waals surface area contributed by atoms with E-state index in [0.29, 0.717) is 0 Å². The van der Waals surface area contributed by atoms with E-state index < -0.39 is 11.9 Å². The van der Waals surface area contributed by atoms with Crippen LogP contribution in [0.3, 0.4) is 0 Å². The third-order valence-corrected chi connectivity index (χ3v) is 6.37. The predicted molar refractivity (Wildman–Crippen MR) is 139 cm³/mol. The number of hydrogen-bond acceptors (Lipinski definition) is 7. The van der Waals surface area contributed by atoms with Crippen molar-refractivity contribution < 1.29 is 33.2 Å². The van der Waals surface area contributed by atoms with Gasteiger partial charge in [0.05, 0.1) is 0 Å². The second-order valence-electron chi connectivity index (χ2n) is 8.66. The number of ether oxygens (including phenoxy) is 7. The van der Waals surface area contributed by atoms with E-state index in [9.17, 15) is 0 Å². The zero-order chi connectivity index (χ0) is 26.1. The molecule has 208 valence electrons.